The first-order chi connectivity index (χ1) is 12.4. The zero-order valence-corrected chi connectivity index (χ0v) is 18.9. The van der Waals surface area contributed by atoms with Crippen molar-refractivity contribution in [2.45, 2.75) is 12.8 Å². The van der Waals surface area contributed by atoms with Gasteiger partial charge in [0.05, 0.1) is 11.0 Å². The number of carboxylic acids is 1. The molecule has 1 fully saturated rings. The monoisotopic (exact) mass is 414 g/mol. The summed E-state index contributed by atoms with van der Waals surface area (Å²) in [5, 5.41) is 14.4. The normalized spacial score (nSPS) is 18.3. The number of fused-ring (bicyclic) bond motifs is 1. The van der Waals surface area contributed by atoms with Crippen LogP contribution >= 0.6 is 11.6 Å². The first kappa shape index (κ1) is 22.1. The summed E-state index contributed by atoms with van der Waals surface area (Å²) in [5.74, 6) is 0.388. The number of aromatic nitrogens is 1. The van der Waals surface area contributed by atoms with Crippen LogP contribution in [0.25, 0.3) is 0 Å². The van der Waals surface area contributed by atoms with Crippen LogP contribution < -0.4 is 66.7 Å². The quantitative estimate of drug-likeness (QED) is 0.413. The molecule has 0 saturated carbocycles. The number of nitrogens with one attached hydrogen (secondary N) is 1. The number of pyridine rings is 1. The number of hydrogen-bond acceptors (Lipinski definition) is 7. The molecule has 136 valence electrons. The van der Waals surface area contributed by atoms with Crippen molar-refractivity contribution in [1.29, 1.82) is 0 Å². The van der Waals surface area contributed by atoms with Gasteiger partial charge in [-0.2, -0.15) is 0 Å². The maximum Gasteiger partial charge on any atom is 1.00 e. The number of halogens is 1. The van der Waals surface area contributed by atoms with Gasteiger partial charge < -0.3 is 25.0 Å². The number of anilines is 2. The van der Waals surface area contributed by atoms with Gasteiger partial charge in [-0.1, -0.05) is 11.6 Å². The van der Waals surface area contributed by atoms with E-state index in [9.17, 15) is 19.5 Å². The number of amides is 1. The van der Waals surface area contributed by atoms with E-state index in [0.717, 1.165) is 6.08 Å². The smallest absolute Gasteiger partial charge is 0.545 e. The van der Waals surface area contributed by atoms with Gasteiger partial charge in [-0.3, -0.25) is 4.79 Å². The molecule has 0 radical (unpaired) electrons. The molecule has 0 spiro atoms. The van der Waals surface area contributed by atoms with Gasteiger partial charge in [0.1, 0.15) is 17.6 Å². The topological polar surface area (TPSA) is 106 Å². The second kappa shape index (κ2) is 9.34. The fraction of sp³-hybridized carbons (Fsp3) is 0.353. The Labute approximate surface area is 203 Å². The number of rotatable bonds is 3. The van der Waals surface area contributed by atoms with Crippen molar-refractivity contribution in [3.05, 3.63) is 34.5 Å². The van der Waals surface area contributed by atoms with Gasteiger partial charge in [0.25, 0.3) is 0 Å². The Morgan fingerprint density at radius 2 is 2.04 bits per heavy atom. The first-order valence-electron chi connectivity index (χ1n) is 8.02. The van der Waals surface area contributed by atoms with E-state index in [4.69, 9.17) is 11.6 Å². The summed E-state index contributed by atoms with van der Waals surface area (Å²) in [6.45, 7) is 3.85. The SMILES string of the molecule is CC(=O)N1CCN(c2nc3c(cc2Cl)C(C=C=O)C(C(=O)[O-])=CN3)CC1.[K+]. The summed E-state index contributed by atoms with van der Waals surface area (Å²) < 4.78 is 0. The van der Waals surface area contributed by atoms with Crippen molar-refractivity contribution in [2.24, 2.45) is 0 Å². The van der Waals surface area contributed by atoms with Crippen LogP contribution in [0.15, 0.2) is 23.9 Å². The van der Waals surface area contributed by atoms with Crippen LogP contribution in [0.2, 0.25) is 5.02 Å². The molecule has 2 aliphatic rings. The molecule has 0 bridgehead atoms. The third-order valence-electron chi connectivity index (χ3n) is 4.52. The standard InChI is InChI=1S/C17H17ClN4O4.K/c1-10(24)21-3-5-22(6-4-21)16-14(18)8-12-11(2-7-23)13(17(25)26)9-19-15(12)20-16;/h2,8-9,11H,3-6H2,1H3,(H,19,20)(H,25,26);/q;+1/p-1. The molecule has 2 aliphatic heterocycles. The predicted molar refractivity (Wildman–Crippen MR) is 93.4 cm³/mol. The maximum absolute atomic E-state index is 11.4. The Morgan fingerprint density at radius 1 is 1.37 bits per heavy atom. The van der Waals surface area contributed by atoms with Crippen molar-refractivity contribution < 1.29 is 70.9 Å². The van der Waals surface area contributed by atoms with Crippen LogP contribution in [-0.2, 0) is 14.4 Å². The van der Waals surface area contributed by atoms with Crippen LogP contribution in [0.3, 0.4) is 0 Å². The van der Waals surface area contributed by atoms with E-state index in [-0.39, 0.29) is 62.9 Å². The second-order valence-corrected chi connectivity index (χ2v) is 6.43. The van der Waals surface area contributed by atoms with Gasteiger partial charge in [0.2, 0.25) is 5.91 Å². The van der Waals surface area contributed by atoms with Crippen molar-refractivity contribution in [1.82, 2.24) is 9.88 Å². The zero-order chi connectivity index (χ0) is 18.8. The molecule has 8 nitrogen and oxygen atoms in total. The third kappa shape index (κ3) is 4.63. The van der Waals surface area contributed by atoms with Crippen LogP contribution in [-0.4, -0.2) is 53.9 Å². The number of allylic oxidation sites excluding steroid dienone is 1. The minimum atomic E-state index is -1.39. The van der Waals surface area contributed by atoms with E-state index >= 15 is 0 Å². The number of hydrogen-bond donors (Lipinski definition) is 1. The van der Waals surface area contributed by atoms with Crippen LogP contribution in [0.5, 0.6) is 0 Å². The summed E-state index contributed by atoms with van der Waals surface area (Å²) in [6.07, 6.45) is 2.36. The molecule has 1 atom stereocenters. The van der Waals surface area contributed by atoms with E-state index in [1.54, 1.807) is 16.9 Å². The number of piperazine rings is 1. The molecular weight excluding hydrogens is 399 g/mol. The van der Waals surface area contributed by atoms with Gasteiger partial charge in [0.15, 0.2) is 0 Å². The minimum Gasteiger partial charge on any atom is -0.545 e. The molecule has 1 unspecified atom stereocenters. The third-order valence-corrected chi connectivity index (χ3v) is 4.79. The summed E-state index contributed by atoms with van der Waals surface area (Å²) in [4.78, 5) is 41.7. The molecule has 10 heteroatoms. The largest absolute Gasteiger partial charge is 1.00 e. The van der Waals surface area contributed by atoms with Gasteiger partial charge >= 0.3 is 51.4 Å². The zero-order valence-electron chi connectivity index (χ0n) is 15.0. The fourth-order valence-corrected chi connectivity index (χ4v) is 3.42. The molecule has 1 aromatic rings. The molecule has 3 rings (SSSR count). The molecule has 3 heterocycles. The number of aliphatic carboxylic acids is 1. The summed E-state index contributed by atoms with van der Waals surface area (Å²) in [7, 11) is 0. The molecule has 0 aliphatic carbocycles. The Balaban J connectivity index is 0.00000261. The number of carbonyl (C=O) groups is 2. The van der Waals surface area contributed by atoms with Crippen molar-refractivity contribution in [3.8, 4) is 0 Å². The Hall–Kier alpha value is -1.19. The summed E-state index contributed by atoms with van der Waals surface area (Å²) in [6, 6.07) is 1.60. The first-order valence-corrected chi connectivity index (χ1v) is 8.40. The fourth-order valence-electron chi connectivity index (χ4n) is 3.14. The van der Waals surface area contributed by atoms with Crippen LogP contribution in [0, 0.1) is 0 Å². The second-order valence-electron chi connectivity index (χ2n) is 6.02. The van der Waals surface area contributed by atoms with Crippen molar-refractivity contribution in [3.63, 3.8) is 0 Å². The molecule has 1 aromatic heterocycles. The maximum atomic E-state index is 11.4. The molecule has 27 heavy (non-hydrogen) atoms. The Morgan fingerprint density at radius 3 is 2.59 bits per heavy atom. The minimum absolute atomic E-state index is 0. The van der Waals surface area contributed by atoms with Gasteiger partial charge in [-0.05, 0) is 6.07 Å². The van der Waals surface area contributed by atoms with Crippen LogP contribution in [0.1, 0.15) is 18.4 Å². The average molecular weight is 415 g/mol. The molecule has 1 N–H and O–H groups in total. The van der Waals surface area contributed by atoms with E-state index in [2.05, 4.69) is 10.3 Å². The van der Waals surface area contributed by atoms with Gasteiger partial charge in [-0.15, -0.1) is 0 Å². The average Bonchev–Trinajstić information content (AvgIpc) is 2.61. The summed E-state index contributed by atoms with van der Waals surface area (Å²) >= 11 is 6.38. The number of carboxylic acid groups (broad SMARTS) is 1. The number of carbonyl (C=O) groups excluding carboxylic acids is 3. The predicted octanol–water partition coefficient (Wildman–Crippen LogP) is -3.06. The van der Waals surface area contributed by atoms with E-state index < -0.39 is 11.9 Å². The molecular formula is C17H16ClKN4O4. The molecule has 1 saturated heterocycles. The van der Waals surface area contributed by atoms with E-state index in [1.807, 2.05) is 4.90 Å². The van der Waals surface area contributed by atoms with Crippen molar-refractivity contribution in [2.75, 3.05) is 36.4 Å². The Kier molecular flexibility index (Phi) is 7.64. The molecule has 0 aromatic carbocycles. The van der Waals surface area contributed by atoms with E-state index in [1.165, 1.54) is 13.1 Å². The number of nitrogens with zero attached hydrogens (tertiary/aromatic N) is 3. The Bertz CT molecular complexity index is 846. The van der Waals surface area contributed by atoms with Crippen LogP contribution in [0.4, 0.5) is 11.6 Å². The van der Waals surface area contributed by atoms with E-state index in [0.29, 0.717) is 48.4 Å². The molecule has 1 amide bonds. The van der Waals surface area contributed by atoms with Gasteiger partial charge in [0, 0.05) is 62.4 Å². The summed E-state index contributed by atoms with van der Waals surface area (Å²) in [5.41, 5.74) is 0.368. The van der Waals surface area contributed by atoms with Crippen molar-refractivity contribution >= 4 is 41.1 Å². The van der Waals surface area contributed by atoms with Gasteiger partial charge in [-0.25, -0.2) is 9.78 Å².